The summed E-state index contributed by atoms with van der Waals surface area (Å²) in [4.78, 5) is 10.5. The SMILES string of the molecule is O=C([O-])C(I)C1CCCCC1. The van der Waals surface area contributed by atoms with Crippen LogP contribution in [-0.2, 0) is 4.79 Å². The summed E-state index contributed by atoms with van der Waals surface area (Å²) in [6, 6.07) is 0. The molecule has 0 amide bonds. The molecule has 0 aliphatic heterocycles. The molecule has 1 rings (SSSR count). The number of alkyl halides is 1. The van der Waals surface area contributed by atoms with E-state index in [0.717, 1.165) is 12.8 Å². The molecule has 1 saturated carbocycles. The molecule has 11 heavy (non-hydrogen) atoms. The van der Waals surface area contributed by atoms with Crippen molar-refractivity contribution in [1.29, 1.82) is 0 Å². The number of carbonyl (C=O) groups excluding carboxylic acids is 1. The normalized spacial score (nSPS) is 23.0. The molecule has 1 aliphatic carbocycles. The molecule has 0 heterocycles. The average molecular weight is 267 g/mol. The number of carboxylic acids is 1. The van der Waals surface area contributed by atoms with Gasteiger partial charge in [0.25, 0.3) is 0 Å². The lowest BCUT2D eigenvalue weighted by molar-refractivity contribution is -0.305. The fourth-order valence-corrected chi connectivity index (χ4v) is 2.34. The van der Waals surface area contributed by atoms with Crippen molar-refractivity contribution in [3.05, 3.63) is 0 Å². The van der Waals surface area contributed by atoms with Crippen molar-refractivity contribution in [2.45, 2.75) is 36.0 Å². The highest BCUT2D eigenvalue weighted by molar-refractivity contribution is 14.1. The Hall–Kier alpha value is 0.200. The third-order valence-electron chi connectivity index (χ3n) is 2.29. The second kappa shape index (κ2) is 4.28. The van der Waals surface area contributed by atoms with Crippen LogP contribution in [0.1, 0.15) is 32.1 Å². The van der Waals surface area contributed by atoms with Gasteiger partial charge in [-0.3, -0.25) is 0 Å². The fourth-order valence-electron chi connectivity index (χ4n) is 1.62. The summed E-state index contributed by atoms with van der Waals surface area (Å²) in [5.41, 5.74) is 0. The first-order valence-electron chi connectivity index (χ1n) is 4.06. The van der Waals surface area contributed by atoms with Crippen LogP contribution in [-0.4, -0.2) is 9.89 Å². The fraction of sp³-hybridized carbons (Fsp3) is 0.875. The Morgan fingerprint density at radius 3 is 2.36 bits per heavy atom. The van der Waals surface area contributed by atoms with Gasteiger partial charge in [-0.1, -0.05) is 41.9 Å². The summed E-state index contributed by atoms with van der Waals surface area (Å²) in [6.45, 7) is 0. The lowest BCUT2D eigenvalue weighted by atomic mass is 9.87. The quantitative estimate of drug-likeness (QED) is 0.555. The number of rotatable bonds is 2. The molecule has 3 heteroatoms. The highest BCUT2D eigenvalue weighted by Crippen LogP contribution is 2.29. The van der Waals surface area contributed by atoms with E-state index in [4.69, 9.17) is 0 Å². The summed E-state index contributed by atoms with van der Waals surface area (Å²) in [5.74, 6) is -0.521. The summed E-state index contributed by atoms with van der Waals surface area (Å²) < 4.78 is -0.270. The first-order valence-corrected chi connectivity index (χ1v) is 5.31. The van der Waals surface area contributed by atoms with Gasteiger partial charge in [0.05, 0.1) is 9.89 Å². The number of halogens is 1. The zero-order valence-electron chi connectivity index (χ0n) is 6.38. The molecule has 0 aromatic carbocycles. The zero-order valence-corrected chi connectivity index (χ0v) is 8.54. The summed E-state index contributed by atoms with van der Waals surface area (Å²) in [6.07, 6.45) is 5.80. The molecule has 64 valence electrons. The molecule has 1 aliphatic rings. The maximum Gasteiger partial charge on any atom is 0.0545 e. The molecule has 0 aromatic rings. The van der Waals surface area contributed by atoms with Gasteiger partial charge in [-0.15, -0.1) is 0 Å². The molecule has 1 atom stereocenters. The van der Waals surface area contributed by atoms with E-state index >= 15 is 0 Å². The predicted molar refractivity (Wildman–Crippen MR) is 49.4 cm³/mol. The number of aliphatic carboxylic acids is 1. The zero-order chi connectivity index (χ0) is 8.27. The maximum atomic E-state index is 10.5. The van der Waals surface area contributed by atoms with Gasteiger partial charge in [-0.2, -0.15) is 0 Å². The lowest BCUT2D eigenvalue weighted by Gasteiger charge is -2.26. The minimum atomic E-state index is -0.891. The Bertz CT molecular complexity index is 141. The molecule has 0 bridgehead atoms. The van der Waals surface area contributed by atoms with Gasteiger partial charge in [-0.05, 0) is 18.8 Å². The molecular weight excluding hydrogens is 255 g/mol. The van der Waals surface area contributed by atoms with Gasteiger partial charge in [0, 0.05) is 0 Å². The van der Waals surface area contributed by atoms with Crippen molar-refractivity contribution in [3.63, 3.8) is 0 Å². The van der Waals surface area contributed by atoms with Crippen molar-refractivity contribution in [2.75, 3.05) is 0 Å². The van der Waals surface area contributed by atoms with Crippen molar-refractivity contribution < 1.29 is 9.90 Å². The lowest BCUT2D eigenvalue weighted by Crippen LogP contribution is -2.37. The van der Waals surface area contributed by atoms with Gasteiger partial charge in [0.1, 0.15) is 0 Å². The van der Waals surface area contributed by atoms with Crippen molar-refractivity contribution in [1.82, 2.24) is 0 Å². The molecule has 0 aromatic heterocycles. The smallest absolute Gasteiger partial charge is 0.0545 e. The topological polar surface area (TPSA) is 40.1 Å². The van der Waals surface area contributed by atoms with E-state index in [9.17, 15) is 9.90 Å². The van der Waals surface area contributed by atoms with Crippen LogP contribution in [0.5, 0.6) is 0 Å². The molecule has 0 saturated heterocycles. The summed E-state index contributed by atoms with van der Waals surface area (Å²) in [7, 11) is 0. The van der Waals surface area contributed by atoms with Crippen LogP contribution in [0.15, 0.2) is 0 Å². The summed E-state index contributed by atoms with van der Waals surface area (Å²) in [5, 5.41) is 10.5. The predicted octanol–water partition coefficient (Wildman–Crippen LogP) is 1.12. The first-order chi connectivity index (χ1) is 5.22. The van der Waals surface area contributed by atoms with Crippen LogP contribution in [0, 0.1) is 5.92 Å². The molecule has 0 radical (unpaired) electrons. The van der Waals surface area contributed by atoms with E-state index in [1.54, 1.807) is 0 Å². The van der Waals surface area contributed by atoms with Gasteiger partial charge in [-0.25, -0.2) is 0 Å². The number of hydrogen-bond acceptors (Lipinski definition) is 2. The van der Waals surface area contributed by atoms with Crippen LogP contribution in [0.4, 0.5) is 0 Å². The minimum absolute atomic E-state index is 0.270. The largest absolute Gasteiger partial charge is 0.549 e. The van der Waals surface area contributed by atoms with Gasteiger partial charge in [0.2, 0.25) is 0 Å². The minimum Gasteiger partial charge on any atom is -0.549 e. The molecule has 0 N–H and O–H groups in total. The average Bonchev–Trinajstić information content (AvgIpc) is 2.05. The van der Waals surface area contributed by atoms with E-state index in [-0.39, 0.29) is 3.92 Å². The Labute approximate surface area is 80.5 Å². The Morgan fingerprint density at radius 1 is 1.36 bits per heavy atom. The van der Waals surface area contributed by atoms with E-state index in [2.05, 4.69) is 0 Å². The number of hydrogen-bond donors (Lipinski definition) is 0. The van der Waals surface area contributed by atoms with Gasteiger partial charge >= 0.3 is 0 Å². The third-order valence-corrected chi connectivity index (χ3v) is 3.81. The van der Waals surface area contributed by atoms with Gasteiger partial charge in [0.15, 0.2) is 0 Å². The summed E-state index contributed by atoms with van der Waals surface area (Å²) >= 11 is 1.99. The Morgan fingerprint density at radius 2 is 1.91 bits per heavy atom. The highest BCUT2D eigenvalue weighted by atomic mass is 127. The maximum absolute atomic E-state index is 10.5. The van der Waals surface area contributed by atoms with E-state index in [0.29, 0.717) is 5.92 Å². The Kier molecular flexibility index (Phi) is 3.62. The molecular formula is C8H12IO2-. The second-order valence-corrected chi connectivity index (χ2v) is 4.46. The third kappa shape index (κ3) is 2.61. The molecule has 0 spiro atoms. The molecule has 1 unspecified atom stereocenters. The Balaban J connectivity index is 2.38. The van der Waals surface area contributed by atoms with Crippen LogP contribution in [0.3, 0.4) is 0 Å². The molecule has 1 fully saturated rings. The van der Waals surface area contributed by atoms with E-state index in [1.807, 2.05) is 22.6 Å². The standard InChI is InChI=1S/C8H13IO2/c9-7(8(10)11)6-4-2-1-3-5-6/h6-7H,1-5H2,(H,10,11)/p-1. The van der Waals surface area contributed by atoms with Crippen molar-refractivity contribution in [3.8, 4) is 0 Å². The van der Waals surface area contributed by atoms with Crippen molar-refractivity contribution in [2.24, 2.45) is 5.92 Å². The highest BCUT2D eigenvalue weighted by Gasteiger charge is 2.21. The number of carboxylic acid groups (broad SMARTS) is 1. The van der Waals surface area contributed by atoms with E-state index < -0.39 is 5.97 Å². The first kappa shape index (κ1) is 9.29. The number of carbonyl (C=O) groups is 1. The monoisotopic (exact) mass is 267 g/mol. The van der Waals surface area contributed by atoms with Crippen LogP contribution >= 0.6 is 22.6 Å². The van der Waals surface area contributed by atoms with Crippen LogP contribution < -0.4 is 5.11 Å². The van der Waals surface area contributed by atoms with E-state index in [1.165, 1.54) is 19.3 Å². The molecule has 2 nitrogen and oxygen atoms in total. The van der Waals surface area contributed by atoms with Crippen LogP contribution in [0.2, 0.25) is 0 Å². The van der Waals surface area contributed by atoms with Crippen molar-refractivity contribution >= 4 is 28.6 Å². The van der Waals surface area contributed by atoms with Gasteiger partial charge < -0.3 is 9.90 Å². The van der Waals surface area contributed by atoms with Crippen LogP contribution in [0.25, 0.3) is 0 Å². The second-order valence-electron chi connectivity index (χ2n) is 3.12.